The van der Waals surface area contributed by atoms with Gasteiger partial charge >= 0.3 is 0 Å². The van der Waals surface area contributed by atoms with E-state index in [4.69, 9.17) is 9.72 Å². The molecule has 15 rings (SSSR count). The van der Waals surface area contributed by atoms with Crippen LogP contribution in [-0.4, -0.2) is 19.1 Å². The van der Waals surface area contributed by atoms with Crippen molar-refractivity contribution < 1.29 is 25.8 Å². The zero-order chi connectivity index (χ0) is 50.6. The van der Waals surface area contributed by atoms with E-state index in [1.807, 2.05) is 36.8 Å². The second-order valence-corrected chi connectivity index (χ2v) is 20.7. The molecule has 6 heterocycles. The van der Waals surface area contributed by atoms with E-state index < -0.39 is 0 Å². The van der Waals surface area contributed by atoms with Crippen LogP contribution >= 0.6 is 0 Å². The van der Waals surface area contributed by atoms with Crippen molar-refractivity contribution >= 4 is 66.4 Å². The number of para-hydroxylation sites is 4. The van der Waals surface area contributed by atoms with Gasteiger partial charge in [-0.15, -0.1) is 48.1 Å². The minimum atomic E-state index is -0.105. The molecular formula is C69H47N6OPt-3. The van der Waals surface area contributed by atoms with Crippen molar-refractivity contribution in [1.82, 2.24) is 19.1 Å². The Hall–Kier alpha value is -9.03. The minimum Gasteiger partial charge on any atom is -0.509 e. The summed E-state index contributed by atoms with van der Waals surface area (Å²) in [5.74, 6) is 1.95. The molecule has 0 spiro atoms. The zero-order valence-electron chi connectivity index (χ0n) is 42.3. The molecule has 9 aromatic carbocycles. The molecule has 0 radical (unpaired) electrons. The summed E-state index contributed by atoms with van der Waals surface area (Å²) < 4.78 is 11.6. The third-order valence-electron chi connectivity index (χ3n) is 15.3. The van der Waals surface area contributed by atoms with Crippen LogP contribution in [0.5, 0.6) is 11.5 Å². The summed E-state index contributed by atoms with van der Waals surface area (Å²) in [6.07, 6.45) is 5.82. The maximum absolute atomic E-state index is 6.90. The van der Waals surface area contributed by atoms with Gasteiger partial charge in [-0.05, 0) is 81.1 Å². The molecule has 0 fully saturated rings. The summed E-state index contributed by atoms with van der Waals surface area (Å²) in [6.45, 7) is 8.92. The van der Waals surface area contributed by atoms with Crippen LogP contribution in [0.2, 0.25) is 0 Å². The summed E-state index contributed by atoms with van der Waals surface area (Å²) in [6, 6.07) is 80.7. The number of pyridine rings is 2. The van der Waals surface area contributed by atoms with Gasteiger partial charge in [-0.2, -0.15) is 12.1 Å². The number of fused-ring (bicyclic) bond motifs is 13. The molecule has 0 aliphatic carbocycles. The van der Waals surface area contributed by atoms with E-state index in [0.717, 1.165) is 94.8 Å². The fourth-order valence-corrected chi connectivity index (χ4v) is 11.8. The van der Waals surface area contributed by atoms with Crippen molar-refractivity contribution in [1.29, 1.82) is 0 Å². The molecule has 77 heavy (non-hydrogen) atoms. The molecule has 8 heteroatoms. The number of benzene rings is 9. The first-order valence-electron chi connectivity index (χ1n) is 25.8. The molecule has 0 amide bonds. The molecule has 2 aliphatic rings. The first-order chi connectivity index (χ1) is 37.4. The third-order valence-corrected chi connectivity index (χ3v) is 15.3. The summed E-state index contributed by atoms with van der Waals surface area (Å²) in [5.41, 5.74) is 19.7. The van der Waals surface area contributed by atoms with Gasteiger partial charge in [0.15, 0.2) is 0 Å². The number of aromatic nitrogens is 4. The average Bonchev–Trinajstić information content (AvgIpc) is 4.29. The Kier molecular flexibility index (Phi) is 10.9. The maximum atomic E-state index is 6.90. The first-order valence-corrected chi connectivity index (χ1v) is 25.8. The van der Waals surface area contributed by atoms with Gasteiger partial charge in [0.25, 0.3) is 0 Å². The van der Waals surface area contributed by atoms with Crippen LogP contribution in [-0.2, 0) is 26.5 Å². The number of nitrogens with zero attached hydrogens (tertiary/aromatic N) is 6. The predicted molar refractivity (Wildman–Crippen MR) is 310 cm³/mol. The molecule has 0 N–H and O–H groups in total. The van der Waals surface area contributed by atoms with Crippen LogP contribution < -0.4 is 14.5 Å². The summed E-state index contributed by atoms with van der Waals surface area (Å²) in [5, 5.41) is 4.47. The van der Waals surface area contributed by atoms with E-state index in [2.05, 4.69) is 252 Å². The predicted octanol–water partition coefficient (Wildman–Crippen LogP) is 17.7. The van der Waals surface area contributed by atoms with Gasteiger partial charge in [-0.25, -0.2) is 4.98 Å². The topological polar surface area (TPSA) is 51.4 Å². The number of anilines is 4. The number of hydrogen-bond acceptors (Lipinski definition) is 5. The van der Waals surface area contributed by atoms with E-state index in [1.165, 1.54) is 33.2 Å². The summed E-state index contributed by atoms with van der Waals surface area (Å²) in [7, 11) is 0. The smallest absolute Gasteiger partial charge is 0.135 e. The van der Waals surface area contributed by atoms with E-state index in [1.54, 1.807) is 0 Å². The molecule has 372 valence electrons. The van der Waals surface area contributed by atoms with Gasteiger partial charge in [0.05, 0.1) is 16.7 Å². The zero-order valence-corrected chi connectivity index (χ0v) is 44.6. The molecule has 0 bridgehead atoms. The fraction of sp³-hybridized carbons (Fsp3) is 0.0580. The van der Waals surface area contributed by atoms with E-state index in [9.17, 15) is 0 Å². The molecule has 0 atom stereocenters. The maximum Gasteiger partial charge on any atom is 0.135 e. The van der Waals surface area contributed by atoms with Crippen molar-refractivity contribution in [3.63, 3.8) is 0 Å². The molecule has 7 nitrogen and oxygen atoms in total. The van der Waals surface area contributed by atoms with Crippen molar-refractivity contribution in [3.8, 4) is 67.5 Å². The Balaban J connectivity index is 0.00000540. The SMILES string of the molecule is CC(C)(C)c1ccnc(-n2c3[c-]c(Oc4[c-]c(N5[CH-]N(c6c(-c7ccccc7)cccc6-c6ccccc6)c6ccccc65)ccc4)ccc3c3c4c(ccc32)-n2c3ccncc3c3cccc(c32)-c2ccccc2-4)c1.[Pt]. The van der Waals surface area contributed by atoms with Crippen LogP contribution in [0.1, 0.15) is 26.3 Å². The van der Waals surface area contributed by atoms with Gasteiger partial charge in [0.2, 0.25) is 0 Å². The van der Waals surface area contributed by atoms with Crippen LogP contribution in [0, 0.1) is 18.8 Å². The molecular weight excluding hydrogens is 1120 g/mol. The Labute approximate surface area is 461 Å². The van der Waals surface area contributed by atoms with Crippen LogP contribution in [0.25, 0.3) is 99.6 Å². The van der Waals surface area contributed by atoms with E-state index in [-0.39, 0.29) is 26.5 Å². The standard InChI is InChI=1S/C69H47N6O.Pt/c1-69(2,3)46-35-38-71-64(39-46)74-61-33-34-62-65(53-24-11-10-23-52(53)54-27-16-28-55-57-42-70-37-36-58(57)75(62)68(54)55)66(61)56-32-31-49(41-63(56)74)76-48-22-14-21-47(40-48)72-43-73(60-30-13-12-29-59(60)72)67-50(44-17-6-4-7-18-44)25-15-26-51(67)45-19-8-5-9-20-45;/h4-39,42-43H,1-3H3;/q-3;. The minimum absolute atomic E-state index is 0. The Bertz CT molecular complexity index is 4420. The molecule has 2 aliphatic heterocycles. The molecule has 0 unspecified atom stereocenters. The average molecular weight is 1170 g/mol. The first kappa shape index (κ1) is 46.5. The van der Waals surface area contributed by atoms with Gasteiger partial charge in [0, 0.05) is 107 Å². The quantitative estimate of drug-likeness (QED) is 0.149. The van der Waals surface area contributed by atoms with Crippen molar-refractivity contribution in [2.45, 2.75) is 26.2 Å². The van der Waals surface area contributed by atoms with Gasteiger partial charge < -0.3 is 23.7 Å². The van der Waals surface area contributed by atoms with E-state index in [0.29, 0.717) is 11.5 Å². The molecule has 4 aromatic heterocycles. The van der Waals surface area contributed by atoms with Crippen LogP contribution in [0.3, 0.4) is 0 Å². The van der Waals surface area contributed by atoms with Gasteiger partial charge in [-0.1, -0.05) is 160 Å². The molecule has 13 aromatic rings. The third kappa shape index (κ3) is 7.36. The normalized spacial score (nSPS) is 12.7. The largest absolute Gasteiger partial charge is 0.509 e. The summed E-state index contributed by atoms with van der Waals surface area (Å²) in [4.78, 5) is 14.2. The Morgan fingerprint density at radius 2 is 1.16 bits per heavy atom. The van der Waals surface area contributed by atoms with Crippen molar-refractivity contribution in [3.05, 3.63) is 249 Å². The van der Waals surface area contributed by atoms with Crippen LogP contribution in [0.15, 0.2) is 225 Å². The number of hydrogen-bond donors (Lipinski definition) is 0. The molecule has 0 saturated heterocycles. The van der Waals surface area contributed by atoms with Crippen molar-refractivity contribution in [2.24, 2.45) is 0 Å². The molecule has 0 saturated carbocycles. The second kappa shape index (κ2) is 18.1. The number of ether oxygens (including phenoxy) is 1. The monoisotopic (exact) mass is 1170 g/mol. The van der Waals surface area contributed by atoms with Crippen molar-refractivity contribution in [2.75, 3.05) is 9.80 Å². The van der Waals surface area contributed by atoms with Gasteiger partial charge in [0.1, 0.15) is 5.82 Å². The number of rotatable bonds is 7. The van der Waals surface area contributed by atoms with E-state index >= 15 is 0 Å². The Morgan fingerprint density at radius 1 is 0.494 bits per heavy atom. The second-order valence-electron chi connectivity index (χ2n) is 20.7. The Morgan fingerprint density at radius 3 is 1.92 bits per heavy atom. The fourth-order valence-electron chi connectivity index (χ4n) is 11.8. The van der Waals surface area contributed by atoms with Crippen LogP contribution in [0.4, 0.5) is 22.7 Å². The summed E-state index contributed by atoms with van der Waals surface area (Å²) >= 11 is 0. The van der Waals surface area contributed by atoms with Gasteiger partial charge in [-0.3, -0.25) is 4.98 Å².